The van der Waals surface area contributed by atoms with Crippen molar-refractivity contribution in [3.05, 3.63) is 84.0 Å². The number of ether oxygens (including phenoxy) is 2. The molecule has 1 N–H and O–H groups in total. The fourth-order valence-corrected chi connectivity index (χ4v) is 3.38. The van der Waals surface area contributed by atoms with Crippen molar-refractivity contribution in [1.29, 1.82) is 0 Å². The van der Waals surface area contributed by atoms with E-state index in [1.54, 1.807) is 12.1 Å². The molecule has 29 heavy (non-hydrogen) atoms. The summed E-state index contributed by atoms with van der Waals surface area (Å²) in [4.78, 5) is 4.53. The number of nitrogens with one attached hydrogen (secondary N) is 1. The second kappa shape index (κ2) is 9.54. The molecule has 0 unspecified atom stereocenters. The third-order valence-electron chi connectivity index (χ3n) is 4.04. The van der Waals surface area contributed by atoms with Crippen LogP contribution in [0.2, 0.25) is 0 Å². The van der Waals surface area contributed by atoms with E-state index in [1.165, 1.54) is 24.5 Å². The van der Waals surface area contributed by atoms with E-state index in [9.17, 15) is 4.39 Å². The quantitative estimate of drug-likeness (QED) is 0.325. The maximum absolute atomic E-state index is 13.9. The van der Waals surface area contributed by atoms with Gasteiger partial charge in [0, 0.05) is 16.6 Å². The lowest BCUT2D eigenvalue weighted by Crippen LogP contribution is -1.91. The molecule has 0 fully saturated rings. The minimum atomic E-state index is -0.406. The molecule has 0 aliphatic carbocycles. The van der Waals surface area contributed by atoms with Crippen LogP contribution in [0.15, 0.2) is 78.2 Å². The number of anilines is 2. The fraction of sp³-hybridized carbons (Fsp3) is 0.0455. The minimum Gasteiger partial charge on any atom is -0.494 e. The smallest absolute Gasteiger partial charge is 0.187 e. The van der Waals surface area contributed by atoms with Crippen molar-refractivity contribution in [2.24, 2.45) is 0 Å². The van der Waals surface area contributed by atoms with Gasteiger partial charge < -0.3 is 14.8 Å². The minimum absolute atomic E-state index is 0. The summed E-state index contributed by atoms with van der Waals surface area (Å²) in [6.45, 7) is 0. The molecule has 1 heterocycles. The normalized spacial score (nSPS) is 10.1. The van der Waals surface area contributed by atoms with Crippen LogP contribution in [0.3, 0.4) is 0 Å². The molecule has 4 nitrogen and oxygen atoms in total. The number of halogens is 2. The van der Waals surface area contributed by atoms with E-state index >= 15 is 0 Å². The zero-order valence-corrected chi connectivity index (χ0v) is 18.0. The summed E-state index contributed by atoms with van der Waals surface area (Å²) in [7, 11) is 1.44. The second-order valence-corrected chi connectivity index (χ2v) is 6.81. The second-order valence-electron chi connectivity index (χ2n) is 5.95. The highest BCUT2D eigenvalue weighted by molar-refractivity contribution is 8.93. The van der Waals surface area contributed by atoms with Gasteiger partial charge >= 0.3 is 0 Å². The van der Waals surface area contributed by atoms with Crippen molar-refractivity contribution >= 4 is 39.1 Å². The van der Waals surface area contributed by atoms with Crippen molar-refractivity contribution in [1.82, 2.24) is 4.98 Å². The lowest BCUT2D eigenvalue weighted by atomic mass is 10.1. The Labute approximate surface area is 182 Å². The van der Waals surface area contributed by atoms with E-state index in [0.717, 1.165) is 22.3 Å². The standard InChI is InChI=1S/C22H17FN2O2S.BrH/c1-26-21-12-7-15(13-19(21)23)20-14-28-22(25-20)24-16-8-10-18(11-9-16)27-17-5-3-2-4-6-17;/h2-14H,1H3,(H,24,25);1H. The number of thiazole rings is 1. The molecule has 4 rings (SSSR count). The summed E-state index contributed by atoms with van der Waals surface area (Å²) in [5.41, 5.74) is 2.30. The molecule has 0 saturated heterocycles. The molecule has 1 aromatic heterocycles. The summed E-state index contributed by atoms with van der Waals surface area (Å²) in [6, 6.07) is 22.1. The zero-order valence-electron chi connectivity index (χ0n) is 15.5. The Bertz CT molecular complexity index is 1070. The molecule has 0 amide bonds. The van der Waals surface area contributed by atoms with Gasteiger partial charge in [-0.1, -0.05) is 18.2 Å². The Kier molecular flexibility index (Phi) is 6.85. The molecule has 0 aliphatic rings. The van der Waals surface area contributed by atoms with Gasteiger partial charge in [0.25, 0.3) is 0 Å². The van der Waals surface area contributed by atoms with Crippen LogP contribution in [0.4, 0.5) is 15.2 Å². The van der Waals surface area contributed by atoms with Crippen LogP contribution < -0.4 is 14.8 Å². The summed E-state index contributed by atoms with van der Waals surface area (Å²) < 4.78 is 24.6. The number of aromatic nitrogens is 1. The van der Waals surface area contributed by atoms with Gasteiger partial charge in [0.15, 0.2) is 16.7 Å². The first-order valence-electron chi connectivity index (χ1n) is 8.61. The van der Waals surface area contributed by atoms with E-state index in [1.807, 2.05) is 60.0 Å². The summed E-state index contributed by atoms with van der Waals surface area (Å²) >= 11 is 1.45. The van der Waals surface area contributed by atoms with Gasteiger partial charge in [-0.25, -0.2) is 9.37 Å². The molecule has 148 valence electrons. The summed E-state index contributed by atoms with van der Waals surface area (Å²) in [6.07, 6.45) is 0. The highest BCUT2D eigenvalue weighted by Crippen LogP contribution is 2.30. The number of rotatable bonds is 6. The van der Waals surface area contributed by atoms with E-state index in [2.05, 4.69) is 10.3 Å². The van der Waals surface area contributed by atoms with E-state index in [0.29, 0.717) is 11.3 Å². The first-order valence-corrected chi connectivity index (χ1v) is 9.49. The average molecular weight is 473 g/mol. The number of hydrogen-bond acceptors (Lipinski definition) is 5. The summed E-state index contributed by atoms with van der Waals surface area (Å²) in [5.74, 6) is 1.36. The van der Waals surface area contributed by atoms with Crippen LogP contribution in [-0.2, 0) is 0 Å². The van der Waals surface area contributed by atoms with Crippen LogP contribution in [0.1, 0.15) is 0 Å². The van der Waals surface area contributed by atoms with Gasteiger partial charge in [-0.3, -0.25) is 0 Å². The van der Waals surface area contributed by atoms with Gasteiger partial charge in [0.05, 0.1) is 12.8 Å². The van der Waals surface area contributed by atoms with Gasteiger partial charge in [0.1, 0.15) is 11.5 Å². The molecule has 7 heteroatoms. The van der Waals surface area contributed by atoms with Crippen LogP contribution in [0.25, 0.3) is 11.3 Å². The van der Waals surface area contributed by atoms with Crippen molar-refractivity contribution in [3.8, 4) is 28.5 Å². The van der Waals surface area contributed by atoms with Crippen LogP contribution in [0, 0.1) is 5.82 Å². The number of methoxy groups -OCH3 is 1. The van der Waals surface area contributed by atoms with Gasteiger partial charge in [0.2, 0.25) is 0 Å². The van der Waals surface area contributed by atoms with Crippen molar-refractivity contribution in [2.75, 3.05) is 12.4 Å². The molecule has 3 aromatic carbocycles. The maximum Gasteiger partial charge on any atom is 0.187 e. The Balaban J connectivity index is 0.00000240. The van der Waals surface area contributed by atoms with Crippen molar-refractivity contribution < 1.29 is 13.9 Å². The topological polar surface area (TPSA) is 43.4 Å². The number of hydrogen-bond donors (Lipinski definition) is 1. The molecule has 0 bridgehead atoms. The number of para-hydroxylation sites is 1. The molecule has 0 aliphatic heterocycles. The molecule has 0 saturated carbocycles. The van der Waals surface area contributed by atoms with Gasteiger partial charge in [-0.05, 0) is 54.6 Å². The van der Waals surface area contributed by atoms with E-state index in [-0.39, 0.29) is 22.7 Å². The Morgan fingerprint density at radius 3 is 2.34 bits per heavy atom. The van der Waals surface area contributed by atoms with Crippen LogP contribution in [-0.4, -0.2) is 12.1 Å². The predicted octanol–water partition coefficient (Wildman–Crippen LogP) is 7.07. The van der Waals surface area contributed by atoms with Crippen molar-refractivity contribution in [2.45, 2.75) is 0 Å². The third kappa shape index (κ3) is 5.13. The van der Waals surface area contributed by atoms with Crippen LogP contribution in [0.5, 0.6) is 17.2 Å². The Hall–Kier alpha value is -2.90. The Morgan fingerprint density at radius 1 is 0.931 bits per heavy atom. The highest BCUT2D eigenvalue weighted by Gasteiger charge is 2.09. The molecular formula is C22H18BrFN2O2S. The SMILES string of the molecule is Br.COc1ccc(-c2csc(Nc3ccc(Oc4ccccc4)cc3)n2)cc1F. The third-order valence-corrected chi connectivity index (χ3v) is 4.79. The zero-order chi connectivity index (χ0) is 19.3. The predicted molar refractivity (Wildman–Crippen MR) is 121 cm³/mol. The highest BCUT2D eigenvalue weighted by atomic mass is 79.9. The largest absolute Gasteiger partial charge is 0.494 e. The van der Waals surface area contributed by atoms with Crippen molar-refractivity contribution in [3.63, 3.8) is 0 Å². The lowest BCUT2D eigenvalue weighted by molar-refractivity contribution is 0.386. The maximum atomic E-state index is 13.9. The number of benzene rings is 3. The molecule has 4 aromatic rings. The molecule has 0 spiro atoms. The average Bonchev–Trinajstić information content (AvgIpc) is 3.19. The molecule has 0 atom stereocenters. The van der Waals surface area contributed by atoms with Crippen LogP contribution >= 0.6 is 28.3 Å². The molecular weight excluding hydrogens is 455 g/mol. The summed E-state index contributed by atoms with van der Waals surface area (Å²) in [5, 5.41) is 5.87. The first kappa shape index (κ1) is 20.8. The molecule has 0 radical (unpaired) electrons. The lowest BCUT2D eigenvalue weighted by Gasteiger charge is -2.07. The Morgan fingerprint density at radius 2 is 1.66 bits per heavy atom. The van der Waals surface area contributed by atoms with E-state index in [4.69, 9.17) is 9.47 Å². The van der Waals surface area contributed by atoms with E-state index < -0.39 is 5.82 Å². The number of nitrogens with zero attached hydrogens (tertiary/aromatic N) is 1. The monoisotopic (exact) mass is 472 g/mol. The van der Waals surface area contributed by atoms with Gasteiger partial charge in [-0.15, -0.1) is 28.3 Å². The van der Waals surface area contributed by atoms with Gasteiger partial charge in [-0.2, -0.15) is 0 Å². The fourth-order valence-electron chi connectivity index (χ4n) is 2.64. The first-order chi connectivity index (χ1) is 13.7.